The Morgan fingerprint density at radius 3 is 2.45 bits per heavy atom. The molecule has 0 saturated carbocycles. The Kier molecular flexibility index (Phi) is 4.39. The van der Waals surface area contributed by atoms with E-state index >= 15 is 0 Å². The van der Waals surface area contributed by atoms with Crippen LogP contribution < -0.4 is 10.6 Å². The quantitative estimate of drug-likeness (QED) is 0.887. The summed E-state index contributed by atoms with van der Waals surface area (Å²) in [5.41, 5.74) is 0.811. The van der Waals surface area contributed by atoms with Gasteiger partial charge in [0.2, 0.25) is 0 Å². The summed E-state index contributed by atoms with van der Waals surface area (Å²) in [4.78, 5) is 3.87. The number of aromatic nitrogens is 1. The van der Waals surface area contributed by atoms with E-state index in [1.807, 2.05) is 25.1 Å². The van der Waals surface area contributed by atoms with Gasteiger partial charge in [0.15, 0.2) is 23.3 Å². The standard InChI is InChI=1S/C14H14ClF2N3/c1-8(9-5-3-4-6-10(9)15)19-14-12(17)7-11(16)13(18-2)20-14/h3-8H,1-2H3,(H2,18,19,20). The van der Waals surface area contributed by atoms with Gasteiger partial charge in [0, 0.05) is 18.1 Å². The molecule has 0 radical (unpaired) electrons. The minimum atomic E-state index is -0.750. The van der Waals surface area contributed by atoms with Gasteiger partial charge < -0.3 is 10.6 Å². The van der Waals surface area contributed by atoms with Gasteiger partial charge in [-0.25, -0.2) is 13.8 Å². The second-order valence-corrected chi connectivity index (χ2v) is 4.69. The molecule has 0 amide bonds. The number of benzene rings is 1. The number of pyridine rings is 1. The minimum Gasteiger partial charge on any atom is -0.371 e. The van der Waals surface area contributed by atoms with Gasteiger partial charge in [-0.05, 0) is 18.6 Å². The molecule has 0 fully saturated rings. The van der Waals surface area contributed by atoms with E-state index < -0.39 is 11.6 Å². The van der Waals surface area contributed by atoms with Crippen LogP contribution in [0.5, 0.6) is 0 Å². The summed E-state index contributed by atoms with van der Waals surface area (Å²) in [5, 5.41) is 6.03. The first-order valence-electron chi connectivity index (χ1n) is 6.07. The summed E-state index contributed by atoms with van der Waals surface area (Å²) >= 11 is 6.08. The second-order valence-electron chi connectivity index (χ2n) is 4.29. The van der Waals surface area contributed by atoms with Crippen molar-refractivity contribution in [1.29, 1.82) is 0 Å². The molecular formula is C14H14ClF2N3. The highest BCUT2D eigenvalue weighted by molar-refractivity contribution is 6.31. The molecule has 2 N–H and O–H groups in total. The largest absolute Gasteiger partial charge is 0.371 e. The third-order valence-corrected chi connectivity index (χ3v) is 3.24. The number of hydrogen-bond acceptors (Lipinski definition) is 3. The lowest BCUT2D eigenvalue weighted by atomic mass is 10.1. The molecule has 1 aromatic heterocycles. The van der Waals surface area contributed by atoms with Crippen molar-refractivity contribution in [1.82, 2.24) is 4.98 Å². The summed E-state index contributed by atoms with van der Waals surface area (Å²) in [7, 11) is 1.52. The maximum Gasteiger partial charge on any atom is 0.168 e. The number of anilines is 2. The number of rotatable bonds is 4. The van der Waals surface area contributed by atoms with Gasteiger partial charge in [-0.1, -0.05) is 29.8 Å². The fraction of sp³-hybridized carbons (Fsp3) is 0.214. The summed E-state index contributed by atoms with van der Waals surface area (Å²) < 4.78 is 27.1. The molecule has 0 aliphatic heterocycles. The van der Waals surface area contributed by atoms with Gasteiger partial charge >= 0.3 is 0 Å². The lowest BCUT2D eigenvalue weighted by molar-refractivity contribution is 0.577. The number of halogens is 3. The van der Waals surface area contributed by atoms with Crippen LogP contribution >= 0.6 is 11.6 Å². The van der Waals surface area contributed by atoms with Crippen LogP contribution in [-0.4, -0.2) is 12.0 Å². The van der Waals surface area contributed by atoms with Crippen molar-refractivity contribution in [2.24, 2.45) is 0 Å². The fourth-order valence-corrected chi connectivity index (χ4v) is 2.15. The van der Waals surface area contributed by atoms with Gasteiger partial charge in [-0.2, -0.15) is 0 Å². The molecule has 2 aromatic rings. The third-order valence-electron chi connectivity index (χ3n) is 2.89. The molecule has 3 nitrogen and oxygen atoms in total. The van der Waals surface area contributed by atoms with Crippen LogP contribution in [0.1, 0.15) is 18.5 Å². The zero-order chi connectivity index (χ0) is 14.7. The molecule has 1 unspecified atom stereocenters. The fourth-order valence-electron chi connectivity index (χ4n) is 1.85. The smallest absolute Gasteiger partial charge is 0.168 e. The molecule has 106 valence electrons. The molecule has 0 aliphatic rings. The molecule has 0 spiro atoms. The number of nitrogens with one attached hydrogen (secondary N) is 2. The number of hydrogen-bond donors (Lipinski definition) is 2. The van der Waals surface area contributed by atoms with E-state index in [0.717, 1.165) is 11.6 Å². The topological polar surface area (TPSA) is 37.0 Å². The van der Waals surface area contributed by atoms with Crippen molar-refractivity contribution in [3.8, 4) is 0 Å². The Balaban J connectivity index is 2.28. The molecule has 20 heavy (non-hydrogen) atoms. The van der Waals surface area contributed by atoms with Crippen LogP contribution in [-0.2, 0) is 0 Å². The predicted octanol–water partition coefficient (Wildman–Crippen LogP) is 4.23. The maximum atomic E-state index is 13.7. The van der Waals surface area contributed by atoms with E-state index in [1.54, 1.807) is 6.07 Å². The molecule has 0 bridgehead atoms. The first-order chi connectivity index (χ1) is 9.52. The Labute approximate surface area is 121 Å². The SMILES string of the molecule is CNc1nc(NC(C)c2ccccc2Cl)c(F)cc1F. The van der Waals surface area contributed by atoms with Crippen molar-refractivity contribution >= 4 is 23.2 Å². The highest BCUT2D eigenvalue weighted by Gasteiger charge is 2.15. The zero-order valence-electron chi connectivity index (χ0n) is 11.0. The van der Waals surface area contributed by atoms with E-state index in [-0.39, 0.29) is 17.7 Å². The highest BCUT2D eigenvalue weighted by atomic mass is 35.5. The highest BCUT2D eigenvalue weighted by Crippen LogP contribution is 2.27. The van der Waals surface area contributed by atoms with Gasteiger partial charge in [0.05, 0.1) is 6.04 Å². The van der Waals surface area contributed by atoms with E-state index in [2.05, 4.69) is 15.6 Å². The predicted molar refractivity (Wildman–Crippen MR) is 77.2 cm³/mol. The summed E-state index contributed by atoms with van der Waals surface area (Å²) in [6.45, 7) is 1.82. The van der Waals surface area contributed by atoms with Gasteiger partial charge in [0.25, 0.3) is 0 Å². The Bertz CT molecular complexity index is 619. The summed E-state index contributed by atoms with van der Waals surface area (Å²) in [6.07, 6.45) is 0. The summed E-state index contributed by atoms with van der Waals surface area (Å²) in [5.74, 6) is -1.52. The first-order valence-corrected chi connectivity index (χ1v) is 6.45. The zero-order valence-corrected chi connectivity index (χ0v) is 11.8. The van der Waals surface area contributed by atoms with Crippen molar-refractivity contribution in [2.75, 3.05) is 17.7 Å². The summed E-state index contributed by atoms with van der Waals surface area (Å²) in [6, 6.07) is 7.77. The van der Waals surface area contributed by atoms with Gasteiger partial charge in [-0.3, -0.25) is 0 Å². The molecule has 0 aliphatic carbocycles. The number of nitrogens with zero attached hydrogens (tertiary/aromatic N) is 1. The van der Waals surface area contributed by atoms with Crippen LogP contribution in [0.3, 0.4) is 0 Å². The normalized spacial score (nSPS) is 12.1. The molecule has 6 heteroatoms. The lowest BCUT2D eigenvalue weighted by Gasteiger charge is -2.17. The first kappa shape index (κ1) is 14.5. The molecule has 2 rings (SSSR count). The van der Waals surface area contributed by atoms with Crippen molar-refractivity contribution in [3.63, 3.8) is 0 Å². The van der Waals surface area contributed by atoms with Gasteiger partial charge in [-0.15, -0.1) is 0 Å². The molecule has 0 saturated heterocycles. The Hall–Kier alpha value is -1.88. The molecule has 1 aromatic carbocycles. The van der Waals surface area contributed by atoms with Crippen molar-refractivity contribution in [2.45, 2.75) is 13.0 Å². The lowest BCUT2D eigenvalue weighted by Crippen LogP contribution is -2.11. The monoisotopic (exact) mass is 297 g/mol. The van der Waals surface area contributed by atoms with Crippen LogP contribution in [0.2, 0.25) is 5.02 Å². The van der Waals surface area contributed by atoms with Crippen molar-refractivity contribution in [3.05, 3.63) is 52.6 Å². The molecular weight excluding hydrogens is 284 g/mol. The minimum absolute atomic E-state index is 0.0136. The van der Waals surface area contributed by atoms with Crippen LogP contribution in [0.4, 0.5) is 20.4 Å². The van der Waals surface area contributed by atoms with Crippen LogP contribution in [0, 0.1) is 11.6 Å². The van der Waals surface area contributed by atoms with E-state index in [0.29, 0.717) is 5.02 Å². The van der Waals surface area contributed by atoms with E-state index in [4.69, 9.17) is 11.6 Å². The van der Waals surface area contributed by atoms with Crippen molar-refractivity contribution < 1.29 is 8.78 Å². The average Bonchev–Trinajstić information content (AvgIpc) is 2.42. The van der Waals surface area contributed by atoms with E-state index in [9.17, 15) is 8.78 Å². The van der Waals surface area contributed by atoms with Gasteiger partial charge in [0.1, 0.15) is 0 Å². The molecule has 1 atom stereocenters. The average molecular weight is 298 g/mol. The maximum absolute atomic E-state index is 13.7. The van der Waals surface area contributed by atoms with E-state index in [1.165, 1.54) is 7.05 Å². The Morgan fingerprint density at radius 1 is 1.15 bits per heavy atom. The third kappa shape index (κ3) is 2.99. The van der Waals surface area contributed by atoms with Crippen LogP contribution in [0.15, 0.2) is 30.3 Å². The second kappa shape index (κ2) is 6.05. The Morgan fingerprint density at radius 2 is 1.80 bits per heavy atom. The van der Waals surface area contributed by atoms with Crippen LogP contribution in [0.25, 0.3) is 0 Å². The molecule has 1 heterocycles.